The Morgan fingerprint density at radius 3 is 1.42 bits per heavy atom. The maximum Gasteiger partial charge on any atom is 0.164 e. The standard InChI is InChI=1S/C50H32N4S/c1-5-16-34(17-6-1)43-44-45(51-42-27-14-13-26-41(42)47(44)55-46(43)36-18-7-2-8-19-36)35-30-28-33(29-31-35)39-24-15-25-40(32-39)50-53-48(37-20-9-3-10-21-37)52-49(54-50)38-22-11-4-12-23-38/h1-32H. The van der Waals surface area contributed by atoms with Crippen molar-refractivity contribution in [2.75, 3.05) is 0 Å². The highest BCUT2D eigenvalue weighted by atomic mass is 32.1. The predicted octanol–water partition coefficient (Wildman–Crippen LogP) is 13.3. The van der Waals surface area contributed by atoms with Gasteiger partial charge in [0, 0.05) is 48.2 Å². The van der Waals surface area contributed by atoms with Crippen LogP contribution in [0.4, 0.5) is 0 Å². The second-order valence-electron chi connectivity index (χ2n) is 13.4. The molecule has 0 unspecified atom stereocenters. The molecule has 0 amide bonds. The number of hydrogen-bond donors (Lipinski definition) is 0. The molecule has 0 bridgehead atoms. The fourth-order valence-electron chi connectivity index (χ4n) is 7.26. The Balaban J connectivity index is 1.09. The molecule has 0 N–H and O–H groups in total. The zero-order chi connectivity index (χ0) is 36.6. The van der Waals surface area contributed by atoms with Gasteiger partial charge in [-0.25, -0.2) is 19.9 Å². The molecule has 0 radical (unpaired) electrons. The summed E-state index contributed by atoms with van der Waals surface area (Å²) >= 11 is 1.85. The van der Waals surface area contributed by atoms with Crippen molar-refractivity contribution in [2.45, 2.75) is 0 Å². The number of rotatable bonds is 7. The minimum Gasteiger partial charge on any atom is -0.247 e. The molecule has 5 heteroatoms. The molecule has 3 heterocycles. The van der Waals surface area contributed by atoms with Crippen LogP contribution in [0, 0.1) is 0 Å². The molecule has 7 aromatic carbocycles. The number of para-hydroxylation sites is 1. The fraction of sp³-hybridized carbons (Fsp3) is 0. The quantitative estimate of drug-likeness (QED) is 0.164. The van der Waals surface area contributed by atoms with Gasteiger partial charge in [0.1, 0.15) is 0 Å². The topological polar surface area (TPSA) is 51.6 Å². The van der Waals surface area contributed by atoms with E-state index in [2.05, 4.69) is 133 Å². The molecule has 0 saturated carbocycles. The molecule has 0 spiro atoms. The molecular formula is C50H32N4S. The van der Waals surface area contributed by atoms with Gasteiger partial charge in [0.2, 0.25) is 0 Å². The molecule has 0 saturated heterocycles. The smallest absolute Gasteiger partial charge is 0.164 e. The number of thiophene rings is 1. The van der Waals surface area contributed by atoms with Crippen LogP contribution in [0.3, 0.4) is 0 Å². The van der Waals surface area contributed by atoms with E-state index in [-0.39, 0.29) is 0 Å². The van der Waals surface area contributed by atoms with Crippen LogP contribution in [0.1, 0.15) is 0 Å². The third kappa shape index (κ3) is 6.17. The zero-order valence-corrected chi connectivity index (χ0v) is 30.5. The van der Waals surface area contributed by atoms with E-state index in [1.165, 1.54) is 37.0 Å². The molecule has 258 valence electrons. The van der Waals surface area contributed by atoms with Gasteiger partial charge in [-0.3, -0.25) is 0 Å². The van der Waals surface area contributed by atoms with Gasteiger partial charge in [0.25, 0.3) is 0 Å². The first kappa shape index (κ1) is 32.6. The molecule has 10 aromatic rings. The van der Waals surface area contributed by atoms with Gasteiger partial charge in [-0.2, -0.15) is 0 Å². The third-order valence-corrected chi connectivity index (χ3v) is 11.2. The summed E-state index contributed by atoms with van der Waals surface area (Å²) in [5.41, 5.74) is 11.7. The second kappa shape index (κ2) is 14.0. The minimum absolute atomic E-state index is 0.633. The molecule has 0 fully saturated rings. The summed E-state index contributed by atoms with van der Waals surface area (Å²) in [6.07, 6.45) is 0. The van der Waals surface area contributed by atoms with E-state index in [0.717, 1.165) is 44.6 Å². The van der Waals surface area contributed by atoms with E-state index < -0.39 is 0 Å². The highest BCUT2D eigenvalue weighted by molar-refractivity contribution is 7.24. The molecule has 4 nitrogen and oxygen atoms in total. The van der Waals surface area contributed by atoms with Crippen LogP contribution in [-0.4, -0.2) is 19.9 Å². The second-order valence-corrected chi connectivity index (χ2v) is 14.4. The van der Waals surface area contributed by atoms with E-state index in [1.807, 2.05) is 72.0 Å². The number of fused-ring (bicyclic) bond motifs is 3. The van der Waals surface area contributed by atoms with Gasteiger partial charge in [0.15, 0.2) is 17.5 Å². The Labute approximate surface area is 323 Å². The lowest BCUT2D eigenvalue weighted by Crippen LogP contribution is -2.00. The van der Waals surface area contributed by atoms with Gasteiger partial charge in [0.05, 0.1) is 11.2 Å². The molecule has 10 rings (SSSR count). The summed E-state index contributed by atoms with van der Waals surface area (Å²) in [6.45, 7) is 0. The van der Waals surface area contributed by atoms with Crippen molar-refractivity contribution < 1.29 is 0 Å². The lowest BCUT2D eigenvalue weighted by molar-refractivity contribution is 1.07. The average Bonchev–Trinajstić information content (AvgIpc) is 3.69. The Morgan fingerprint density at radius 2 is 0.800 bits per heavy atom. The Kier molecular flexibility index (Phi) is 8.32. The first-order valence-electron chi connectivity index (χ1n) is 18.3. The zero-order valence-electron chi connectivity index (χ0n) is 29.7. The molecule has 0 aliphatic carbocycles. The fourth-order valence-corrected chi connectivity index (χ4v) is 8.63. The van der Waals surface area contributed by atoms with Crippen LogP contribution in [0.25, 0.3) is 99.1 Å². The minimum atomic E-state index is 0.633. The summed E-state index contributed by atoms with van der Waals surface area (Å²) in [5, 5.41) is 2.35. The lowest BCUT2D eigenvalue weighted by Gasteiger charge is -2.12. The van der Waals surface area contributed by atoms with Crippen LogP contribution in [0.2, 0.25) is 0 Å². The van der Waals surface area contributed by atoms with E-state index in [9.17, 15) is 0 Å². The van der Waals surface area contributed by atoms with Crippen LogP contribution in [0.5, 0.6) is 0 Å². The number of benzene rings is 7. The van der Waals surface area contributed by atoms with Gasteiger partial charge >= 0.3 is 0 Å². The molecule has 0 aliphatic rings. The van der Waals surface area contributed by atoms with Crippen molar-refractivity contribution >= 4 is 32.3 Å². The van der Waals surface area contributed by atoms with Crippen molar-refractivity contribution in [1.82, 2.24) is 19.9 Å². The Bertz CT molecular complexity index is 2890. The molecule has 0 aliphatic heterocycles. The van der Waals surface area contributed by atoms with Crippen LogP contribution in [-0.2, 0) is 0 Å². The lowest BCUT2D eigenvalue weighted by atomic mass is 9.94. The van der Waals surface area contributed by atoms with Crippen molar-refractivity contribution in [2.24, 2.45) is 0 Å². The summed E-state index contributed by atoms with van der Waals surface area (Å²) in [7, 11) is 0. The highest BCUT2D eigenvalue weighted by Crippen LogP contribution is 2.50. The van der Waals surface area contributed by atoms with Crippen molar-refractivity contribution in [1.29, 1.82) is 0 Å². The maximum atomic E-state index is 5.37. The molecule has 0 atom stereocenters. The molecule has 55 heavy (non-hydrogen) atoms. The highest BCUT2D eigenvalue weighted by Gasteiger charge is 2.22. The van der Waals surface area contributed by atoms with E-state index in [1.54, 1.807) is 0 Å². The van der Waals surface area contributed by atoms with Crippen LogP contribution in [0.15, 0.2) is 194 Å². The molecular weight excluding hydrogens is 689 g/mol. The first-order chi connectivity index (χ1) is 27.3. The summed E-state index contributed by atoms with van der Waals surface area (Å²) in [4.78, 5) is 21.4. The molecule has 3 aromatic heterocycles. The van der Waals surface area contributed by atoms with Crippen LogP contribution < -0.4 is 0 Å². The van der Waals surface area contributed by atoms with Gasteiger partial charge in [-0.1, -0.05) is 182 Å². The number of hydrogen-bond acceptors (Lipinski definition) is 5. The van der Waals surface area contributed by atoms with Crippen LogP contribution >= 0.6 is 11.3 Å². The van der Waals surface area contributed by atoms with E-state index >= 15 is 0 Å². The van der Waals surface area contributed by atoms with Crippen molar-refractivity contribution in [3.05, 3.63) is 194 Å². The normalized spacial score (nSPS) is 11.3. The number of nitrogens with zero attached hydrogens (tertiary/aromatic N) is 4. The Morgan fingerprint density at radius 1 is 0.327 bits per heavy atom. The largest absolute Gasteiger partial charge is 0.247 e. The summed E-state index contributed by atoms with van der Waals surface area (Å²) in [5.74, 6) is 1.92. The monoisotopic (exact) mass is 720 g/mol. The van der Waals surface area contributed by atoms with Gasteiger partial charge in [-0.05, 0) is 34.4 Å². The summed E-state index contributed by atoms with van der Waals surface area (Å²) < 4.78 is 1.25. The van der Waals surface area contributed by atoms with Crippen molar-refractivity contribution in [3.8, 4) is 78.1 Å². The number of aromatic nitrogens is 4. The SMILES string of the molecule is c1ccc(-c2nc(-c3ccccc3)nc(-c3cccc(-c4ccc(-c5nc6ccccc6c6sc(-c7ccccc7)c(-c7ccccc7)c56)cc4)c3)n2)cc1. The van der Waals surface area contributed by atoms with Gasteiger partial charge in [-0.15, -0.1) is 11.3 Å². The average molecular weight is 721 g/mol. The number of pyridine rings is 1. The van der Waals surface area contributed by atoms with E-state index in [0.29, 0.717) is 17.5 Å². The summed E-state index contributed by atoms with van der Waals surface area (Å²) in [6, 6.07) is 67.4. The first-order valence-corrected chi connectivity index (χ1v) is 19.1. The van der Waals surface area contributed by atoms with E-state index in [4.69, 9.17) is 19.9 Å². The van der Waals surface area contributed by atoms with Crippen molar-refractivity contribution in [3.63, 3.8) is 0 Å². The third-order valence-electron chi connectivity index (χ3n) is 9.94. The predicted molar refractivity (Wildman–Crippen MR) is 229 cm³/mol. The maximum absolute atomic E-state index is 5.37. The van der Waals surface area contributed by atoms with Gasteiger partial charge < -0.3 is 0 Å². The Hall–Kier alpha value is -7.08.